The highest BCUT2D eigenvalue weighted by molar-refractivity contribution is 5.59. The Morgan fingerprint density at radius 1 is 0.385 bits per heavy atom. The monoisotopic (exact) mass is 792 g/mol. The van der Waals surface area contributed by atoms with Crippen molar-refractivity contribution in [2.24, 2.45) is 0 Å². The zero-order chi connectivity index (χ0) is 40.4. The maximum absolute atomic E-state index is 14.9. The Labute approximate surface area is 279 Å². The Kier molecular flexibility index (Phi) is 9.21. The molecule has 2 aliphatic carbocycles. The summed E-state index contributed by atoms with van der Waals surface area (Å²) in [5.74, 6) is -84.5. The van der Waals surface area contributed by atoms with Crippen molar-refractivity contribution in [1.29, 1.82) is 0 Å². The van der Waals surface area contributed by atoms with Gasteiger partial charge in [0.15, 0.2) is 0 Å². The van der Waals surface area contributed by atoms with Crippen LogP contribution in [-0.4, -0.2) is 47.4 Å². The highest BCUT2D eigenvalue weighted by atomic mass is 19.4. The van der Waals surface area contributed by atoms with Crippen LogP contribution < -0.4 is 11.5 Å². The van der Waals surface area contributed by atoms with Gasteiger partial charge in [0.2, 0.25) is 0 Å². The molecule has 4 rings (SSSR count). The highest BCUT2D eigenvalue weighted by Gasteiger charge is 2.97. The molecule has 52 heavy (non-hydrogen) atoms. The Balaban J connectivity index is 1.79. The molecule has 294 valence electrons. The summed E-state index contributed by atoms with van der Waals surface area (Å²) in [7, 11) is 0. The van der Waals surface area contributed by atoms with Crippen LogP contribution in [0.25, 0.3) is 0 Å². The van der Waals surface area contributed by atoms with Crippen LogP contribution in [0.4, 0.5) is 99.2 Å². The van der Waals surface area contributed by atoms with Gasteiger partial charge in [0, 0.05) is 22.5 Å². The Hall–Kier alpha value is -3.36. The smallest absolute Gasteiger partial charge is 0.385 e. The van der Waals surface area contributed by atoms with Crippen LogP contribution in [0.2, 0.25) is 0 Å². The summed E-state index contributed by atoms with van der Waals surface area (Å²) in [6.07, 6.45) is 0.593. The molecule has 0 heterocycles. The number of alkyl halides is 20. The second-order valence-corrected chi connectivity index (χ2v) is 12.9. The van der Waals surface area contributed by atoms with Crippen LogP contribution >= 0.6 is 0 Å². The molecule has 0 saturated heterocycles. The van der Waals surface area contributed by atoms with Crippen molar-refractivity contribution in [2.75, 3.05) is 11.5 Å². The summed E-state index contributed by atoms with van der Waals surface area (Å²) < 4.78 is 293. The molecule has 0 aromatic heterocycles. The van der Waals surface area contributed by atoms with Crippen molar-refractivity contribution in [3.8, 4) is 0 Å². The van der Waals surface area contributed by atoms with Crippen molar-refractivity contribution in [3.63, 3.8) is 0 Å². The zero-order valence-electron chi connectivity index (χ0n) is 26.0. The first kappa shape index (κ1) is 41.4. The number of benzene rings is 2. The molecule has 22 heteroatoms. The molecule has 2 fully saturated rings. The quantitative estimate of drug-likeness (QED) is 0.157. The molecular formula is C30H24F20N2. The molecule has 0 spiro atoms. The molecule has 2 aliphatic rings. The number of anilines is 2. The van der Waals surface area contributed by atoms with Crippen LogP contribution in [0.5, 0.6) is 0 Å². The number of nitrogens with two attached hydrogens (primary N) is 2. The summed E-state index contributed by atoms with van der Waals surface area (Å²) in [6.45, 7) is 1.62. The normalized spacial score (nSPS) is 17.9. The molecule has 2 aromatic carbocycles. The maximum atomic E-state index is 14.9. The number of hydrogen-bond donors (Lipinski definition) is 2. The minimum absolute atomic E-state index is 0.0397. The van der Waals surface area contributed by atoms with Crippen LogP contribution in [-0.2, 0) is 11.8 Å². The first-order chi connectivity index (χ1) is 23.0. The van der Waals surface area contributed by atoms with E-state index in [1.807, 2.05) is 0 Å². The van der Waals surface area contributed by atoms with Gasteiger partial charge in [0.05, 0.1) is 0 Å². The first-order valence-corrected chi connectivity index (χ1v) is 14.6. The van der Waals surface area contributed by atoms with Gasteiger partial charge in [0.1, 0.15) is 0 Å². The molecule has 0 unspecified atom stereocenters. The fourth-order valence-electron chi connectivity index (χ4n) is 5.42. The van der Waals surface area contributed by atoms with Gasteiger partial charge in [-0.05, 0) is 97.9 Å². The maximum Gasteiger partial charge on any atom is 0.385 e. The summed E-state index contributed by atoms with van der Waals surface area (Å²) in [6, 6.07) is -0.323. The summed E-state index contributed by atoms with van der Waals surface area (Å²) in [5, 5.41) is 0. The van der Waals surface area contributed by atoms with E-state index in [1.54, 1.807) is 0 Å². The lowest BCUT2D eigenvalue weighted by atomic mass is 9.83. The molecule has 0 bridgehead atoms. The van der Waals surface area contributed by atoms with Crippen LogP contribution in [0.3, 0.4) is 0 Å². The largest absolute Gasteiger partial charge is 0.398 e. The Bertz CT molecular complexity index is 1600. The van der Waals surface area contributed by atoms with Crippen molar-refractivity contribution in [1.82, 2.24) is 0 Å². The number of nitrogen functional groups attached to an aromatic ring is 2. The van der Waals surface area contributed by atoms with Crippen LogP contribution in [0, 0.1) is 13.8 Å². The predicted molar refractivity (Wildman–Crippen MR) is 142 cm³/mol. The number of rotatable bonds is 13. The van der Waals surface area contributed by atoms with Gasteiger partial charge < -0.3 is 11.5 Å². The van der Waals surface area contributed by atoms with E-state index in [4.69, 9.17) is 11.5 Å². The number of halogens is 20. The topological polar surface area (TPSA) is 52.0 Å². The summed E-state index contributed by atoms with van der Waals surface area (Å²) >= 11 is 0. The SMILES string of the molecule is Cc1cc(C(F)(F)C(F)(F)C(F)(F)C(F)(F)C(F)(F)C(F)(F)C(F)(F)C(F)(F)C(F)(F)C(F)(F)c2cc(C)c(N)c(C3CC3)c2)cc(C2CC2)c1N. The third-order valence-electron chi connectivity index (χ3n) is 9.15. The molecule has 4 N–H and O–H groups in total. The van der Waals surface area contributed by atoms with E-state index in [0.717, 1.165) is 13.8 Å². The minimum atomic E-state index is -9.10. The standard InChI is InChI=1S/C30H24F20N2/c1-11-7-15(9-17(19(11)51)13-3-4-13)21(31,32)23(35,36)25(39,40)27(43,44)29(47,48)30(49,50)28(45,46)26(41,42)24(37,38)22(33,34)16-8-12(2)20(52)18(10-16)14-5-6-14/h7-10,13-14H,3-6,51-52H2,1-2H3. The third kappa shape index (κ3) is 5.28. The van der Waals surface area contributed by atoms with Gasteiger partial charge in [-0.25, -0.2) is 0 Å². The lowest BCUT2D eigenvalue weighted by Gasteiger charge is -2.45. The van der Waals surface area contributed by atoms with Gasteiger partial charge in [-0.2, -0.15) is 87.8 Å². The summed E-state index contributed by atoms with van der Waals surface area (Å²) in [5.41, 5.74) is 3.59. The van der Waals surface area contributed by atoms with E-state index in [0.29, 0.717) is 0 Å². The van der Waals surface area contributed by atoms with Gasteiger partial charge >= 0.3 is 59.2 Å². The van der Waals surface area contributed by atoms with E-state index in [-0.39, 0.29) is 49.9 Å². The highest BCUT2D eigenvalue weighted by Crippen LogP contribution is 2.68. The van der Waals surface area contributed by atoms with E-state index in [1.165, 1.54) is 0 Å². The van der Waals surface area contributed by atoms with Crippen LogP contribution in [0.15, 0.2) is 24.3 Å². The van der Waals surface area contributed by atoms with E-state index >= 15 is 0 Å². The van der Waals surface area contributed by atoms with Gasteiger partial charge in [-0.3, -0.25) is 0 Å². The fraction of sp³-hybridized carbons (Fsp3) is 0.600. The minimum Gasteiger partial charge on any atom is -0.398 e. The summed E-state index contributed by atoms with van der Waals surface area (Å²) in [4.78, 5) is 0. The van der Waals surface area contributed by atoms with Crippen molar-refractivity contribution < 1.29 is 87.8 Å². The predicted octanol–water partition coefficient (Wildman–Crippen LogP) is 11.2. The molecule has 0 radical (unpaired) electrons. The lowest BCUT2D eigenvalue weighted by Crippen LogP contribution is -2.76. The van der Waals surface area contributed by atoms with E-state index < -0.39 is 116 Å². The van der Waals surface area contributed by atoms with E-state index in [9.17, 15) is 87.8 Å². The second kappa shape index (κ2) is 11.6. The second-order valence-electron chi connectivity index (χ2n) is 12.9. The average Bonchev–Trinajstić information content (AvgIpc) is 3.93. The third-order valence-corrected chi connectivity index (χ3v) is 9.15. The molecule has 2 saturated carbocycles. The Morgan fingerprint density at radius 2 is 0.596 bits per heavy atom. The van der Waals surface area contributed by atoms with Crippen molar-refractivity contribution in [2.45, 2.75) is 111 Å². The molecule has 0 atom stereocenters. The fourth-order valence-corrected chi connectivity index (χ4v) is 5.42. The molecule has 0 aliphatic heterocycles. The van der Waals surface area contributed by atoms with Gasteiger partial charge in [-0.15, -0.1) is 0 Å². The van der Waals surface area contributed by atoms with Crippen LogP contribution in [0.1, 0.15) is 70.9 Å². The van der Waals surface area contributed by atoms with Gasteiger partial charge in [-0.1, -0.05) is 0 Å². The first-order valence-electron chi connectivity index (χ1n) is 14.6. The number of aryl methyl sites for hydroxylation is 2. The lowest BCUT2D eigenvalue weighted by molar-refractivity contribution is -0.470. The molecule has 2 nitrogen and oxygen atoms in total. The molecule has 2 aromatic rings. The number of hydrogen-bond acceptors (Lipinski definition) is 2. The average molecular weight is 792 g/mol. The van der Waals surface area contributed by atoms with Gasteiger partial charge in [0.25, 0.3) is 0 Å². The Morgan fingerprint density at radius 3 is 0.808 bits per heavy atom. The van der Waals surface area contributed by atoms with Crippen molar-refractivity contribution in [3.05, 3.63) is 57.6 Å². The van der Waals surface area contributed by atoms with Crippen molar-refractivity contribution >= 4 is 11.4 Å². The van der Waals surface area contributed by atoms with E-state index in [2.05, 4.69) is 0 Å². The molecular weight excluding hydrogens is 768 g/mol. The molecule has 0 amide bonds. The zero-order valence-corrected chi connectivity index (χ0v) is 26.0.